The molecule has 25 heavy (non-hydrogen) atoms. The molecule has 0 bridgehead atoms. The SMILES string of the molecule is COC1CCC(C(CNC(=O)c2ccccc2)C(=O)NCC#N)CC1. The highest BCUT2D eigenvalue weighted by Crippen LogP contribution is 2.31. The van der Waals surface area contributed by atoms with Crippen LogP contribution in [0.2, 0.25) is 0 Å². The van der Waals surface area contributed by atoms with Gasteiger partial charge in [0.15, 0.2) is 0 Å². The molecule has 1 aromatic rings. The summed E-state index contributed by atoms with van der Waals surface area (Å²) in [7, 11) is 1.71. The van der Waals surface area contributed by atoms with Gasteiger partial charge < -0.3 is 15.4 Å². The Hall–Kier alpha value is -2.39. The number of amides is 2. The Bertz CT molecular complexity index is 604. The van der Waals surface area contributed by atoms with E-state index in [0.717, 1.165) is 25.7 Å². The summed E-state index contributed by atoms with van der Waals surface area (Å²) in [5.74, 6) is -0.514. The van der Waals surface area contributed by atoms with Crippen LogP contribution in [0, 0.1) is 23.2 Å². The number of ether oxygens (including phenoxy) is 1. The van der Waals surface area contributed by atoms with Crippen molar-refractivity contribution < 1.29 is 14.3 Å². The van der Waals surface area contributed by atoms with Crippen molar-refractivity contribution in [2.24, 2.45) is 11.8 Å². The normalized spacial score (nSPS) is 21.0. The van der Waals surface area contributed by atoms with Crippen LogP contribution in [0.15, 0.2) is 30.3 Å². The van der Waals surface area contributed by atoms with Crippen molar-refractivity contribution in [3.63, 3.8) is 0 Å². The van der Waals surface area contributed by atoms with Gasteiger partial charge in [-0.25, -0.2) is 0 Å². The Labute approximate surface area is 148 Å². The Morgan fingerprint density at radius 2 is 1.88 bits per heavy atom. The van der Waals surface area contributed by atoms with Gasteiger partial charge in [0.05, 0.1) is 18.1 Å². The Morgan fingerprint density at radius 1 is 1.20 bits per heavy atom. The van der Waals surface area contributed by atoms with E-state index in [4.69, 9.17) is 10.00 Å². The van der Waals surface area contributed by atoms with Crippen molar-refractivity contribution in [3.8, 4) is 6.07 Å². The average molecular weight is 343 g/mol. The number of benzene rings is 1. The third-order valence-electron chi connectivity index (χ3n) is 4.82. The van der Waals surface area contributed by atoms with Crippen LogP contribution in [-0.4, -0.2) is 38.1 Å². The molecule has 6 nitrogen and oxygen atoms in total. The second kappa shape index (κ2) is 9.80. The number of hydrogen-bond acceptors (Lipinski definition) is 4. The van der Waals surface area contributed by atoms with Crippen molar-refractivity contribution in [3.05, 3.63) is 35.9 Å². The number of hydrogen-bond donors (Lipinski definition) is 2. The lowest BCUT2D eigenvalue weighted by Gasteiger charge is -2.32. The second-order valence-corrected chi connectivity index (χ2v) is 6.33. The van der Waals surface area contributed by atoms with Crippen LogP contribution < -0.4 is 10.6 Å². The van der Waals surface area contributed by atoms with Gasteiger partial charge in [0, 0.05) is 19.2 Å². The van der Waals surface area contributed by atoms with Gasteiger partial charge in [-0.05, 0) is 43.7 Å². The molecule has 1 atom stereocenters. The molecule has 0 heterocycles. The minimum absolute atomic E-state index is 0.0185. The highest BCUT2D eigenvalue weighted by atomic mass is 16.5. The van der Waals surface area contributed by atoms with Gasteiger partial charge in [-0.2, -0.15) is 5.26 Å². The van der Waals surface area contributed by atoms with E-state index in [-0.39, 0.29) is 42.8 Å². The topological polar surface area (TPSA) is 91.2 Å². The number of carbonyl (C=O) groups is 2. The highest BCUT2D eigenvalue weighted by Gasteiger charge is 2.32. The van der Waals surface area contributed by atoms with Gasteiger partial charge in [-0.15, -0.1) is 0 Å². The highest BCUT2D eigenvalue weighted by molar-refractivity contribution is 5.94. The van der Waals surface area contributed by atoms with Gasteiger partial charge in [0.1, 0.15) is 6.54 Å². The first kappa shape index (κ1) is 18.9. The number of nitrogens with one attached hydrogen (secondary N) is 2. The van der Waals surface area contributed by atoms with Crippen LogP contribution in [-0.2, 0) is 9.53 Å². The molecule has 1 aliphatic rings. The maximum Gasteiger partial charge on any atom is 0.251 e. The molecule has 2 amide bonds. The van der Waals surface area contributed by atoms with Crippen molar-refractivity contribution in [1.29, 1.82) is 5.26 Å². The molecule has 1 aromatic carbocycles. The molecule has 2 N–H and O–H groups in total. The molecule has 1 fully saturated rings. The van der Waals surface area contributed by atoms with Crippen LogP contribution in [0.25, 0.3) is 0 Å². The lowest BCUT2D eigenvalue weighted by Crippen LogP contribution is -2.44. The van der Waals surface area contributed by atoms with E-state index in [0.29, 0.717) is 5.56 Å². The molecule has 0 aromatic heterocycles. The van der Waals surface area contributed by atoms with Crippen molar-refractivity contribution >= 4 is 11.8 Å². The molecular weight excluding hydrogens is 318 g/mol. The van der Waals surface area contributed by atoms with Crippen LogP contribution in [0.5, 0.6) is 0 Å². The van der Waals surface area contributed by atoms with Crippen LogP contribution >= 0.6 is 0 Å². The number of rotatable bonds is 7. The zero-order valence-electron chi connectivity index (χ0n) is 14.5. The predicted octanol–water partition coefficient (Wildman–Crippen LogP) is 1.88. The molecule has 2 rings (SSSR count). The lowest BCUT2D eigenvalue weighted by molar-refractivity contribution is -0.127. The molecule has 1 unspecified atom stereocenters. The van der Waals surface area contributed by atoms with Crippen molar-refractivity contribution in [2.75, 3.05) is 20.2 Å². The minimum atomic E-state index is -0.334. The summed E-state index contributed by atoms with van der Waals surface area (Å²) < 4.78 is 5.39. The van der Waals surface area contributed by atoms with Gasteiger partial charge in [0.25, 0.3) is 5.91 Å². The van der Waals surface area contributed by atoms with E-state index in [2.05, 4.69) is 10.6 Å². The Kier molecular flexibility index (Phi) is 7.42. The minimum Gasteiger partial charge on any atom is -0.381 e. The molecule has 0 spiro atoms. The smallest absolute Gasteiger partial charge is 0.251 e. The number of carbonyl (C=O) groups excluding carboxylic acids is 2. The van der Waals surface area contributed by atoms with Crippen LogP contribution in [0.4, 0.5) is 0 Å². The summed E-state index contributed by atoms with van der Waals surface area (Å²) in [6, 6.07) is 10.9. The van der Waals surface area contributed by atoms with E-state index in [1.54, 1.807) is 31.4 Å². The fourth-order valence-corrected chi connectivity index (χ4v) is 3.35. The first-order chi connectivity index (χ1) is 12.2. The van der Waals surface area contributed by atoms with E-state index in [1.165, 1.54) is 0 Å². The molecule has 0 aliphatic heterocycles. The van der Waals surface area contributed by atoms with Crippen LogP contribution in [0.1, 0.15) is 36.0 Å². The number of nitrogens with zero attached hydrogens (tertiary/aromatic N) is 1. The zero-order chi connectivity index (χ0) is 18.1. The summed E-state index contributed by atoms with van der Waals surface area (Å²) in [6.45, 7) is 0.253. The molecule has 6 heteroatoms. The van der Waals surface area contributed by atoms with E-state index in [1.807, 2.05) is 12.1 Å². The predicted molar refractivity (Wildman–Crippen MR) is 93.6 cm³/mol. The van der Waals surface area contributed by atoms with Gasteiger partial charge in [-0.3, -0.25) is 9.59 Å². The molecule has 1 aliphatic carbocycles. The summed E-state index contributed by atoms with van der Waals surface area (Å²) in [6.07, 6.45) is 3.83. The standard InChI is InChI=1S/C19H25N3O3/c1-25-16-9-7-14(8-10-16)17(19(24)21-12-11-20)13-22-18(23)15-5-3-2-4-6-15/h2-6,14,16-17H,7-10,12-13H2,1H3,(H,21,24)(H,22,23). The van der Waals surface area contributed by atoms with E-state index in [9.17, 15) is 9.59 Å². The quantitative estimate of drug-likeness (QED) is 0.740. The first-order valence-electron chi connectivity index (χ1n) is 8.66. The van der Waals surface area contributed by atoms with E-state index < -0.39 is 0 Å². The fraction of sp³-hybridized carbons (Fsp3) is 0.526. The van der Waals surface area contributed by atoms with Crippen molar-refractivity contribution in [1.82, 2.24) is 10.6 Å². The van der Waals surface area contributed by atoms with E-state index >= 15 is 0 Å². The number of methoxy groups -OCH3 is 1. The Balaban J connectivity index is 1.98. The van der Waals surface area contributed by atoms with Gasteiger partial charge in [-0.1, -0.05) is 18.2 Å². The molecular formula is C19H25N3O3. The zero-order valence-corrected chi connectivity index (χ0v) is 14.5. The van der Waals surface area contributed by atoms with Crippen LogP contribution in [0.3, 0.4) is 0 Å². The Morgan fingerprint density at radius 3 is 2.48 bits per heavy atom. The maximum atomic E-state index is 12.5. The van der Waals surface area contributed by atoms with Gasteiger partial charge in [0.2, 0.25) is 5.91 Å². The molecule has 0 radical (unpaired) electrons. The monoisotopic (exact) mass is 343 g/mol. The molecule has 134 valence electrons. The first-order valence-corrected chi connectivity index (χ1v) is 8.66. The summed E-state index contributed by atoms with van der Waals surface area (Å²) in [4.78, 5) is 24.7. The third kappa shape index (κ3) is 5.57. The average Bonchev–Trinajstić information content (AvgIpc) is 2.67. The lowest BCUT2D eigenvalue weighted by atomic mass is 9.78. The third-order valence-corrected chi connectivity index (χ3v) is 4.82. The number of nitriles is 1. The maximum absolute atomic E-state index is 12.5. The summed E-state index contributed by atoms with van der Waals surface area (Å²) in [5, 5.41) is 14.2. The second-order valence-electron chi connectivity index (χ2n) is 6.33. The molecule has 0 saturated heterocycles. The fourth-order valence-electron chi connectivity index (χ4n) is 3.35. The van der Waals surface area contributed by atoms with Gasteiger partial charge >= 0.3 is 0 Å². The summed E-state index contributed by atoms with van der Waals surface area (Å²) >= 11 is 0. The summed E-state index contributed by atoms with van der Waals surface area (Å²) in [5.41, 5.74) is 0.571. The molecule has 1 saturated carbocycles. The largest absolute Gasteiger partial charge is 0.381 e. The van der Waals surface area contributed by atoms with Crippen molar-refractivity contribution in [2.45, 2.75) is 31.8 Å².